The second kappa shape index (κ2) is 2.92. The first-order valence-electron chi connectivity index (χ1n) is 4.14. The van der Waals surface area contributed by atoms with Crippen molar-refractivity contribution in [3.05, 3.63) is 29.0 Å². The Morgan fingerprint density at radius 3 is 3.08 bits per heavy atom. The quantitative estimate of drug-likeness (QED) is 0.758. The lowest BCUT2D eigenvalue weighted by Crippen LogP contribution is -1.95. The molecule has 2 rings (SSSR count). The van der Waals surface area contributed by atoms with Gasteiger partial charge in [-0.2, -0.15) is 0 Å². The van der Waals surface area contributed by atoms with Crippen molar-refractivity contribution in [3.63, 3.8) is 0 Å². The predicted octanol–water partition coefficient (Wildman–Crippen LogP) is 2.13. The number of aryl methyl sites for hydroxylation is 1. The molecule has 0 unspecified atom stereocenters. The van der Waals surface area contributed by atoms with E-state index in [1.165, 1.54) is 0 Å². The molecule has 2 aromatic heterocycles. The highest BCUT2D eigenvalue weighted by Gasteiger charge is 2.07. The number of aromatic nitrogens is 2. The topological polar surface area (TPSA) is 43.3 Å². The van der Waals surface area contributed by atoms with Crippen LogP contribution in [0, 0.1) is 0 Å². The zero-order valence-electron chi connectivity index (χ0n) is 7.29. The molecule has 0 aromatic carbocycles. The van der Waals surface area contributed by atoms with Gasteiger partial charge in [0.05, 0.1) is 6.20 Å². The molecule has 0 aliphatic rings. The number of hydrogen-bond donors (Lipinski definition) is 1. The molecule has 0 atom stereocenters. The number of anilines is 1. The second-order valence-electron chi connectivity index (χ2n) is 2.87. The lowest BCUT2D eigenvalue weighted by molar-refractivity contribution is 1.09. The van der Waals surface area contributed by atoms with E-state index in [9.17, 15) is 0 Å². The third kappa shape index (κ3) is 1.16. The number of hydrogen-bond acceptors (Lipinski definition) is 2. The highest BCUT2D eigenvalue weighted by molar-refractivity contribution is 6.31. The van der Waals surface area contributed by atoms with Gasteiger partial charge in [-0.25, -0.2) is 4.98 Å². The normalized spacial score (nSPS) is 10.9. The zero-order chi connectivity index (χ0) is 9.42. The van der Waals surface area contributed by atoms with Crippen molar-refractivity contribution in [1.29, 1.82) is 0 Å². The van der Waals surface area contributed by atoms with Crippen LogP contribution >= 0.6 is 11.6 Å². The van der Waals surface area contributed by atoms with Gasteiger partial charge in [-0.3, -0.25) is 4.40 Å². The van der Waals surface area contributed by atoms with Crippen LogP contribution in [0.25, 0.3) is 5.65 Å². The molecule has 13 heavy (non-hydrogen) atoms. The molecule has 0 aliphatic carbocycles. The number of pyridine rings is 1. The number of nitrogens with two attached hydrogens (primary N) is 1. The van der Waals surface area contributed by atoms with Crippen LogP contribution < -0.4 is 5.73 Å². The molecular formula is C9H10ClN3. The summed E-state index contributed by atoms with van der Waals surface area (Å²) in [5.74, 6) is 0.640. The summed E-state index contributed by atoms with van der Waals surface area (Å²) in [7, 11) is 0. The fourth-order valence-corrected chi connectivity index (χ4v) is 1.70. The molecular weight excluding hydrogens is 186 g/mol. The first kappa shape index (κ1) is 8.38. The Balaban J connectivity index is 2.85. The average molecular weight is 196 g/mol. The molecule has 0 spiro atoms. The molecule has 4 heteroatoms. The standard InChI is InChI=1S/C9H10ClN3/c1-2-6-7(10)3-4-13-8(11)5-12-9(6)13/h3-5H,2,11H2,1H3. The Labute approximate surface area is 81.1 Å². The number of imidazole rings is 1. The highest BCUT2D eigenvalue weighted by atomic mass is 35.5. The SMILES string of the molecule is CCc1c(Cl)ccn2c(N)cnc12. The van der Waals surface area contributed by atoms with Gasteiger partial charge in [-0.1, -0.05) is 18.5 Å². The summed E-state index contributed by atoms with van der Waals surface area (Å²) in [4.78, 5) is 4.20. The van der Waals surface area contributed by atoms with Crippen molar-refractivity contribution in [2.45, 2.75) is 13.3 Å². The van der Waals surface area contributed by atoms with Crippen LogP contribution in [0.1, 0.15) is 12.5 Å². The van der Waals surface area contributed by atoms with Gasteiger partial charge in [0.15, 0.2) is 0 Å². The van der Waals surface area contributed by atoms with Crippen LogP contribution in [0.2, 0.25) is 5.02 Å². The third-order valence-corrected chi connectivity index (χ3v) is 2.46. The van der Waals surface area contributed by atoms with Gasteiger partial charge in [0, 0.05) is 16.8 Å². The van der Waals surface area contributed by atoms with Crippen LogP contribution in [-0.4, -0.2) is 9.38 Å². The van der Waals surface area contributed by atoms with Crippen LogP contribution in [-0.2, 0) is 6.42 Å². The number of nitrogens with zero attached hydrogens (tertiary/aromatic N) is 2. The van der Waals surface area contributed by atoms with Gasteiger partial charge in [0.25, 0.3) is 0 Å². The molecule has 0 saturated carbocycles. The van der Waals surface area contributed by atoms with E-state index >= 15 is 0 Å². The predicted molar refractivity (Wildman–Crippen MR) is 54.0 cm³/mol. The lowest BCUT2D eigenvalue weighted by Gasteiger charge is -2.03. The van der Waals surface area contributed by atoms with E-state index in [0.717, 1.165) is 22.7 Å². The Bertz CT molecular complexity index is 447. The zero-order valence-corrected chi connectivity index (χ0v) is 8.04. The minimum absolute atomic E-state index is 0.640. The van der Waals surface area contributed by atoms with Crippen molar-refractivity contribution < 1.29 is 0 Å². The number of rotatable bonds is 1. The average Bonchev–Trinajstić information content (AvgIpc) is 2.48. The van der Waals surface area contributed by atoms with E-state index in [1.54, 1.807) is 6.20 Å². The molecule has 0 saturated heterocycles. The monoisotopic (exact) mass is 195 g/mol. The maximum absolute atomic E-state index is 6.02. The summed E-state index contributed by atoms with van der Waals surface area (Å²) in [6.07, 6.45) is 4.34. The summed E-state index contributed by atoms with van der Waals surface area (Å²) in [6, 6.07) is 1.84. The van der Waals surface area contributed by atoms with Crippen LogP contribution in [0.3, 0.4) is 0 Å². The van der Waals surface area contributed by atoms with Gasteiger partial charge < -0.3 is 5.73 Å². The highest BCUT2D eigenvalue weighted by Crippen LogP contribution is 2.22. The smallest absolute Gasteiger partial charge is 0.143 e. The Morgan fingerprint density at radius 2 is 2.38 bits per heavy atom. The fourth-order valence-electron chi connectivity index (χ4n) is 1.43. The lowest BCUT2D eigenvalue weighted by atomic mass is 10.2. The largest absolute Gasteiger partial charge is 0.383 e. The summed E-state index contributed by atoms with van der Waals surface area (Å²) < 4.78 is 1.84. The molecule has 0 amide bonds. The minimum atomic E-state index is 0.640. The summed E-state index contributed by atoms with van der Waals surface area (Å²) in [5, 5.41) is 0.751. The molecule has 0 bridgehead atoms. The molecule has 0 aliphatic heterocycles. The third-order valence-electron chi connectivity index (χ3n) is 2.11. The first-order chi connectivity index (χ1) is 6.24. The molecule has 2 aromatic rings. The van der Waals surface area contributed by atoms with Gasteiger partial charge in [-0.05, 0) is 12.5 Å². The van der Waals surface area contributed by atoms with Crippen LogP contribution in [0.4, 0.5) is 5.82 Å². The summed E-state index contributed by atoms with van der Waals surface area (Å²) in [6.45, 7) is 2.05. The number of fused-ring (bicyclic) bond motifs is 1. The van der Waals surface area contributed by atoms with Crippen molar-refractivity contribution in [2.75, 3.05) is 5.73 Å². The minimum Gasteiger partial charge on any atom is -0.383 e. The van der Waals surface area contributed by atoms with Gasteiger partial charge in [0.1, 0.15) is 11.5 Å². The molecule has 68 valence electrons. The van der Waals surface area contributed by atoms with Crippen molar-refractivity contribution >= 4 is 23.1 Å². The number of nitrogen functional groups attached to an aromatic ring is 1. The summed E-state index contributed by atoms with van der Waals surface area (Å²) in [5.41, 5.74) is 7.60. The molecule has 3 nitrogen and oxygen atoms in total. The second-order valence-corrected chi connectivity index (χ2v) is 3.28. The van der Waals surface area contributed by atoms with Gasteiger partial charge in [-0.15, -0.1) is 0 Å². The number of halogens is 1. The fraction of sp³-hybridized carbons (Fsp3) is 0.222. The first-order valence-corrected chi connectivity index (χ1v) is 4.51. The van der Waals surface area contributed by atoms with Crippen LogP contribution in [0.15, 0.2) is 18.5 Å². The van der Waals surface area contributed by atoms with Crippen LogP contribution in [0.5, 0.6) is 0 Å². The molecule has 2 N–H and O–H groups in total. The van der Waals surface area contributed by atoms with Crippen molar-refractivity contribution in [3.8, 4) is 0 Å². The molecule has 0 radical (unpaired) electrons. The Hall–Kier alpha value is -1.22. The maximum Gasteiger partial charge on any atom is 0.143 e. The van der Waals surface area contributed by atoms with E-state index in [0.29, 0.717) is 5.82 Å². The molecule has 2 heterocycles. The van der Waals surface area contributed by atoms with E-state index < -0.39 is 0 Å². The Kier molecular flexibility index (Phi) is 1.88. The van der Waals surface area contributed by atoms with E-state index in [-0.39, 0.29) is 0 Å². The van der Waals surface area contributed by atoms with E-state index in [1.807, 2.05) is 23.6 Å². The van der Waals surface area contributed by atoms with Gasteiger partial charge in [0.2, 0.25) is 0 Å². The molecule has 0 fully saturated rings. The summed E-state index contributed by atoms with van der Waals surface area (Å²) >= 11 is 6.02. The maximum atomic E-state index is 6.02. The van der Waals surface area contributed by atoms with Crippen molar-refractivity contribution in [2.24, 2.45) is 0 Å². The van der Waals surface area contributed by atoms with E-state index in [4.69, 9.17) is 17.3 Å². The Morgan fingerprint density at radius 1 is 1.62 bits per heavy atom. The van der Waals surface area contributed by atoms with E-state index in [2.05, 4.69) is 4.98 Å². The van der Waals surface area contributed by atoms with Crippen molar-refractivity contribution in [1.82, 2.24) is 9.38 Å². The van der Waals surface area contributed by atoms with Gasteiger partial charge >= 0.3 is 0 Å².